The second kappa shape index (κ2) is 10.7. The number of nitrogens with one attached hydrogen (secondary N) is 2. The number of rotatable bonds is 7. The van der Waals surface area contributed by atoms with Crippen molar-refractivity contribution in [3.05, 3.63) is 47.3 Å². The van der Waals surface area contributed by atoms with Crippen LogP contribution in [0.1, 0.15) is 37.3 Å². The number of alkyl carbamates (subject to hydrolysis) is 1. The first-order valence-corrected chi connectivity index (χ1v) is 10.5. The first-order chi connectivity index (χ1) is 15.3. The largest absolute Gasteiger partial charge is 0.445 e. The normalized spacial score (nSPS) is 17.4. The summed E-state index contributed by atoms with van der Waals surface area (Å²) in [5.41, 5.74) is 1.26. The Hall–Kier alpha value is -3.56. The Morgan fingerprint density at radius 1 is 1.25 bits per heavy atom. The second-order valence-electron chi connectivity index (χ2n) is 8.01. The summed E-state index contributed by atoms with van der Waals surface area (Å²) in [5, 5.41) is 12.5. The number of carbonyl (C=O) groups excluding carboxylic acids is 4. The standard InChI is InChI=1S/C22H26N4O6/c1-13(2)19(24-22(30)31-12-14-6-4-3-5-7-14)17(27)11-15-10-16-18(32-26-25-16)8-9-23-21(29)20(15)28/h3-7,13,15,19H,8-12H2,1-2H3,(H,23,29)(H,24,30). The molecule has 2 aromatic rings. The Kier molecular flexibility index (Phi) is 7.69. The van der Waals surface area contributed by atoms with Gasteiger partial charge in [-0.05, 0) is 11.5 Å². The fourth-order valence-corrected chi connectivity index (χ4v) is 3.51. The van der Waals surface area contributed by atoms with Gasteiger partial charge in [-0.15, -0.1) is 5.10 Å². The van der Waals surface area contributed by atoms with E-state index < -0.39 is 29.7 Å². The van der Waals surface area contributed by atoms with E-state index in [4.69, 9.17) is 9.26 Å². The fourth-order valence-electron chi connectivity index (χ4n) is 3.51. The number of amides is 2. The molecule has 10 heteroatoms. The lowest BCUT2D eigenvalue weighted by atomic mass is 9.87. The third-order valence-electron chi connectivity index (χ3n) is 5.25. The lowest BCUT2D eigenvalue weighted by Gasteiger charge is -2.23. The number of hydrogen-bond donors (Lipinski definition) is 2. The molecular weight excluding hydrogens is 416 g/mol. The van der Waals surface area contributed by atoms with E-state index in [0.29, 0.717) is 17.9 Å². The number of carbonyl (C=O) groups is 4. The fraction of sp³-hybridized carbons (Fsp3) is 0.455. The van der Waals surface area contributed by atoms with Gasteiger partial charge in [-0.25, -0.2) is 4.79 Å². The van der Waals surface area contributed by atoms with Crippen molar-refractivity contribution in [1.29, 1.82) is 0 Å². The number of nitrogens with zero attached hydrogens (tertiary/aromatic N) is 2. The van der Waals surface area contributed by atoms with Gasteiger partial charge in [0.25, 0.3) is 5.91 Å². The third kappa shape index (κ3) is 5.99. The van der Waals surface area contributed by atoms with Gasteiger partial charge in [-0.2, -0.15) is 0 Å². The van der Waals surface area contributed by atoms with E-state index in [1.165, 1.54) is 0 Å². The molecule has 3 rings (SSSR count). The van der Waals surface area contributed by atoms with E-state index in [9.17, 15) is 19.2 Å². The van der Waals surface area contributed by atoms with Crippen LogP contribution in [-0.4, -0.2) is 46.5 Å². The summed E-state index contributed by atoms with van der Waals surface area (Å²) in [6.45, 7) is 3.82. The minimum absolute atomic E-state index is 0.0557. The summed E-state index contributed by atoms with van der Waals surface area (Å²) < 4.78 is 10.3. The van der Waals surface area contributed by atoms with Crippen LogP contribution in [0.25, 0.3) is 0 Å². The Bertz CT molecular complexity index is 972. The summed E-state index contributed by atoms with van der Waals surface area (Å²) in [5.74, 6) is -2.55. The summed E-state index contributed by atoms with van der Waals surface area (Å²) in [6.07, 6.45) is -0.561. The minimum Gasteiger partial charge on any atom is -0.445 e. The summed E-state index contributed by atoms with van der Waals surface area (Å²) >= 11 is 0. The average molecular weight is 442 g/mol. The Morgan fingerprint density at radius 3 is 2.72 bits per heavy atom. The van der Waals surface area contributed by atoms with Gasteiger partial charge in [0.15, 0.2) is 11.5 Å². The van der Waals surface area contributed by atoms with Crippen molar-refractivity contribution in [2.24, 2.45) is 11.8 Å². The number of aromatic nitrogens is 2. The molecule has 10 nitrogen and oxygen atoms in total. The third-order valence-corrected chi connectivity index (χ3v) is 5.25. The monoisotopic (exact) mass is 442 g/mol. The molecule has 1 aliphatic heterocycles. The molecule has 0 saturated carbocycles. The number of benzene rings is 1. The molecule has 0 radical (unpaired) electrons. The Balaban J connectivity index is 1.66. The van der Waals surface area contributed by atoms with Crippen LogP contribution in [0.5, 0.6) is 0 Å². The summed E-state index contributed by atoms with van der Waals surface area (Å²) in [7, 11) is 0. The molecule has 0 bridgehead atoms. The lowest BCUT2D eigenvalue weighted by molar-refractivity contribution is -0.141. The van der Waals surface area contributed by atoms with E-state index in [1.54, 1.807) is 13.8 Å². The predicted molar refractivity (Wildman–Crippen MR) is 111 cm³/mol. The highest BCUT2D eigenvalue weighted by Crippen LogP contribution is 2.20. The van der Waals surface area contributed by atoms with E-state index in [0.717, 1.165) is 5.56 Å². The smallest absolute Gasteiger partial charge is 0.408 e. The van der Waals surface area contributed by atoms with Crippen LogP contribution in [0.15, 0.2) is 34.9 Å². The van der Waals surface area contributed by atoms with E-state index in [1.807, 2.05) is 30.3 Å². The molecule has 1 aliphatic rings. The van der Waals surface area contributed by atoms with Crippen molar-refractivity contribution in [2.75, 3.05) is 6.54 Å². The van der Waals surface area contributed by atoms with Gasteiger partial charge in [0.05, 0.1) is 6.04 Å². The number of ether oxygens (including phenoxy) is 1. The lowest BCUT2D eigenvalue weighted by Crippen LogP contribution is -2.46. The van der Waals surface area contributed by atoms with Gasteiger partial charge in [-0.1, -0.05) is 44.2 Å². The van der Waals surface area contributed by atoms with Crippen molar-refractivity contribution in [2.45, 2.75) is 45.8 Å². The Morgan fingerprint density at radius 2 is 2.00 bits per heavy atom. The molecule has 2 heterocycles. The highest BCUT2D eigenvalue weighted by atomic mass is 16.5. The molecule has 0 saturated heterocycles. The van der Waals surface area contributed by atoms with Crippen LogP contribution in [-0.2, 0) is 38.6 Å². The second-order valence-corrected chi connectivity index (χ2v) is 8.01. The van der Waals surface area contributed by atoms with Gasteiger partial charge in [0, 0.05) is 37.0 Å². The van der Waals surface area contributed by atoms with E-state index in [2.05, 4.69) is 21.0 Å². The maximum Gasteiger partial charge on any atom is 0.408 e. The van der Waals surface area contributed by atoms with E-state index in [-0.39, 0.29) is 37.7 Å². The molecule has 1 aromatic carbocycles. The van der Waals surface area contributed by atoms with Crippen molar-refractivity contribution >= 4 is 23.6 Å². The molecule has 32 heavy (non-hydrogen) atoms. The van der Waals surface area contributed by atoms with Crippen molar-refractivity contribution < 1.29 is 28.4 Å². The molecule has 2 atom stereocenters. The molecule has 1 aromatic heterocycles. The molecule has 0 aliphatic carbocycles. The van der Waals surface area contributed by atoms with Crippen molar-refractivity contribution in [1.82, 2.24) is 21.0 Å². The van der Waals surface area contributed by atoms with Crippen LogP contribution in [0, 0.1) is 11.8 Å². The van der Waals surface area contributed by atoms with Gasteiger partial charge in [-0.3, -0.25) is 14.4 Å². The van der Waals surface area contributed by atoms with Gasteiger partial charge in [0.1, 0.15) is 12.3 Å². The van der Waals surface area contributed by atoms with Crippen LogP contribution in [0.3, 0.4) is 0 Å². The van der Waals surface area contributed by atoms with Crippen LogP contribution in [0.4, 0.5) is 4.79 Å². The molecular formula is C22H26N4O6. The zero-order chi connectivity index (χ0) is 23.1. The SMILES string of the molecule is CC(C)C(NC(=O)OCc1ccccc1)C(=O)CC1Cc2nnoc2CCNC(=O)C1=O. The van der Waals surface area contributed by atoms with Crippen LogP contribution < -0.4 is 10.6 Å². The molecule has 2 N–H and O–H groups in total. The molecule has 2 unspecified atom stereocenters. The average Bonchev–Trinajstić information content (AvgIpc) is 3.22. The summed E-state index contributed by atoms with van der Waals surface area (Å²) in [4.78, 5) is 50.1. The molecule has 0 fully saturated rings. The highest BCUT2D eigenvalue weighted by molar-refractivity contribution is 6.37. The van der Waals surface area contributed by atoms with Crippen LogP contribution >= 0.6 is 0 Å². The summed E-state index contributed by atoms with van der Waals surface area (Å²) in [6, 6.07) is 8.28. The van der Waals surface area contributed by atoms with Gasteiger partial charge in [0.2, 0.25) is 5.78 Å². The first kappa shape index (κ1) is 23.1. The Labute approximate surface area is 185 Å². The molecule has 2 amide bonds. The maximum absolute atomic E-state index is 13.0. The highest BCUT2D eigenvalue weighted by Gasteiger charge is 2.34. The predicted octanol–water partition coefficient (Wildman–Crippen LogP) is 1.38. The maximum atomic E-state index is 13.0. The molecule has 170 valence electrons. The quantitative estimate of drug-likeness (QED) is 0.613. The first-order valence-electron chi connectivity index (χ1n) is 10.5. The zero-order valence-electron chi connectivity index (χ0n) is 18.0. The topological polar surface area (TPSA) is 140 Å². The molecule has 0 spiro atoms. The number of Topliss-reactive ketones (excluding diaryl/α,β-unsaturated/α-hetero) is 2. The van der Waals surface area contributed by atoms with Crippen molar-refractivity contribution in [3.63, 3.8) is 0 Å². The van der Waals surface area contributed by atoms with Gasteiger partial charge >= 0.3 is 6.09 Å². The number of fused-ring (bicyclic) bond motifs is 1. The number of ketones is 2. The van der Waals surface area contributed by atoms with Crippen molar-refractivity contribution in [3.8, 4) is 0 Å². The van der Waals surface area contributed by atoms with Gasteiger partial charge < -0.3 is 19.9 Å². The number of hydrogen-bond acceptors (Lipinski definition) is 8. The zero-order valence-corrected chi connectivity index (χ0v) is 18.0. The van der Waals surface area contributed by atoms with Crippen LogP contribution in [0.2, 0.25) is 0 Å². The van der Waals surface area contributed by atoms with E-state index >= 15 is 0 Å². The minimum atomic E-state index is -0.936.